The number of para-hydroxylation sites is 1. The van der Waals surface area contributed by atoms with Gasteiger partial charge in [-0.3, -0.25) is 0 Å². The molecule has 0 aliphatic rings. The van der Waals surface area contributed by atoms with E-state index in [4.69, 9.17) is 5.73 Å². The molecule has 0 unspecified atom stereocenters. The van der Waals surface area contributed by atoms with Crippen LogP contribution in [0, 0.1) is 0 Å². The Labute approximate surface area is 118 Å². The molecule has 0 fully saturated rings. The Morgan fingerprint density at radius 3 is 2.53 bits per heavy atom. The van der Waals surface area contributed by atoms with Gasteiger partial charge in [-0.15, -0.1) is 0 Å². The second-order valence-electron chi connectivity index (χ2n) is 4.06. The lowest BCUT2D eigenvalue weighted by atomic mass is 10.2. The van der Waals surface area contributed by atoms with E-state index in [9.17, 15) is 0 Å². The fourth-order valence-electron chi connectivity index (χ4n) is 1.88. The molecule has 0 bridgehead atoms. The zero-order chi connectivity index (χ0) is 13.2. The van der Waals surface area contributed by atoms with E-state index in [1.807, 2.05) is 48.5 Å². The van der Waals surface area contributed by atoms with Crippen LogP contribution in [0.25, 0.3) is 10.9 Å². The normalized spacial score (nSPS) is 10.6. The van der Waals surface area contributed by atoms with Gasteiger partial charge in [-0.1, -0.05) is 24.3 Å². The lowest BCUT2D eigenvalue weighted by molar-refractivity contribution is 1.22. The zero-order valence-corrected chi connectivity index (χ0v) is 11.6. The molecule has 0 atom stereocenters. The summed E-state index contributed by atoms with van der Waals surface area (Å²) < 4.78 is 0.897. The Hall–Kier alpha value is -2.14. The maximum atomic E-state index is 5.99. The van der Waals surface area contributed by atoms with E-state index in [1.54, 1.807) is 0 Å². The quantitative estimate of drug-likeness (QED) is 0.756. The van der Waals surface area contributed by atoms with Crippen LogP contribution in [0.4, 0.5) is 17.5 Å². The summed E-state index contributed by atoms with van der Waals surface area (Å²) in [6.07, 6.45) is 0. The minimum absolute atomic E-state index is 0.455. The summed E-state index contributed by atoms with van der Waals surface area (Å²) in [6, 6.07) is 15.5. The van der Waals surface area contributed by atoms with Crippen LogP contribution in [0.2, 0.25) is 0 Å². The van der Waals surface area contributed by atoms with E-state index < -0.39 is 0 Å². The highest BCUT2D eigenvalue weighted by molar-refractivity contribution is 9.10. The minimum Gasteiger partial charge on any atom is -0.383 e. The predicted octanol–water partition coefficient (Wildman–Crippen LogP) is 3.72. The fourth-order valence-corrected chi connectivity index (χ4v) is 2.43. The fraction of sp³-hybridized carbons (Fsp3) is 0. The molecule has 19 heavy (non-hydrogen) atoms. The maximum Gasteiger partial charge on any atom is 0.229 e. The third kappa shape index (κ3) is 2.37. The molecule has 3 N–H and O–H groups in total. The molecule has 94 valence electrons. The van der Waals surface area contributed by atoms with E-state index in [-0.39, 0.29) is 0 Å². The van der Waals surface area contributed by atoms with Crippen LogP contribution in [0.1, 0.15) is 0 Å². The van der Waals surface area contributed by atoms with Gasteiger partial charge in [0.15, 0.2) is 0 Å². The molecule has 0 radical (unpaired) electrons. The SMILES string of the molecule is Nc1nc(Nc2ccccc2)nc2cccc(Br)c12. The van der Waals surface area contributed by atoms with Crippen molar-refractivity contribution < 1.29 is 0 Å². The van der Waals surface area contributed by atoms with Gasteiger partial charge in [0.1, 0.15) is 5.82 Å². The molecule has 1 heterocycles. The zero-order valence-electron chi connectivity index (χ0n) is 9.97. The second-order valence-corrected chi connectivity index (χ2v) is 4.91. The first-order valence-corrected chi connectivity index (χ1v) is 6.57. The van der Waals surface area contributed by atoms with Gasteiger partial charge in [0.05, 0.1) is 10.9 Å². The number of hydrogen-bond donors (Lipinski definition) is 2. The summed E-state index contributed by atoms with van der Waals surface area (Å²) in [5, 5.41) is 3.97. The number of benzene rings is 2. The molecule has 3 aromatic rings. The van der Waals surface area contributed by atoms with E-state index in [0.29, 0.717) is 11.8 Å². The van der Waals surface area contributed by atoms with Crippen molar-refractivity contribution in [3.8, 4) is 0 Å². The summed E-state index contributed by atoms with van der Waals surface area (Å²) in [6.45, 7) is 0. The molecule has 0 amide bonds. The van der Waals surface area contributed by atoms with Crippen LogP contribution >= 0.6 is 15.9 Å². The summed E-state index contributed by atoms with van der Waals surface area (Å²) in [7, 11) is 0. The highest BCUT2D eigenvalue weighted by atomic mass is 79.9. The van der Waals surface area contributed by atoms with E-state index >= 15 is 0 Å². The molecule has 2 aromatic carbocycles. The third-order valence-corrected chi connectivity index (χ3v) is 3.39. The predicted molar refractivity (Wildman–Crippen MR) is 81.4 cm³/mol. The Bertz CT molecular complexity index is 728. The highest BCUT2D eigenvalue weighted by Crippen LogP contribution is 2.28. The summed E-state index contributed by atoms with van der Waals surface area (Å²) in [5.41, 5.74) is 7.72. The van der Waals surface area contributed by atoms with Crippen LogP contribution in [0.3, 0.4) is 0 Å². The maximum absolute atomic E-state index is 5.99. The third-order valence-electron chi connectivity index (χ3n) is 2.73. The molecule has 0 spiro atoms. The number of nitrogens with zero attached hydrogens (tertiary/aromatic N) is 2. The smallest absolute Gasteiger partial charge is 0.229 e. The largest absolute Gasteiger partial charge is 0.383 e. The summed E-state index contributed by atoms with van der Waals surface area (Å²) in [5.74, 6) is 0.949. The minimum atomic E-state index is 0.455. The van der Waals surface area contributed by atoms with E-state index in [0.717, 1.165) is 21.1 Å². The Kier molecular flexibility index (Phi) is 3.05. The van der Waals surface area contributed by atoms with Gasteiger partial charge in [0.2, 0.25) is 5.95 Å². The van der Waals surface area contributed by atoms with Crippen LogP contribution in [-0.4, -0.2) is 9.97 Å². The first-order chi connectivity index (χ1) is 9.24. The molecule has 0 saturated heterocycles. The molecule has 3 rings (SSSR count). The molecule has 5 heteroatoms. The average Bonchev–Trinajstić information content (AvgIpc) is 2.39. The van der Waals surface area contributed by atoms with Crippen molar-refractivity contribution in [2.24, 2.45) is 0 Å². The van der Waals surface area contributed by atoms with E-state index in [1.165, 1.54) is 0 Å². The lowest BCUT2D eigenvalue weighted by Gasteiger charge is -2.08. The number of nitrogen functional groups attached to an aromatic ring is 1. The van der Waals surface area contributed by atoms with Crippen LogP contribution in [0.5, 0.6) is 0 Å². The molecule has 1 aromatic heterocycles. The van der Waals surface area contributed by atoms with Gasteiger partial charge >= 0.3 is 0 Å². The number of rotatable bonds is 2. The van der Waals surface area contributed by atoms with Crippen molar-refractivity contribution in [1.29, 1.82) is 0 Å². The van der Waals surface area contributed by atoms with Crippen LogP contribution < -0.4 is 11.1 Å². The van der Waals surface area contributed by atoms with Gasteiger partial charge in [0, 0.05) is 10.2 Å². The number of nitrogens with one attached hydrogen (secondary N) is 1. The highest BCUT2D eigenvalue weighted by Gasteiger charge is 2.08. The van der Waals surface area contributed by atoms with Crippen molar-refractivity contribution in [2.45, 2.75) is 0 Å². The Morgan fingerprint density at radius 1 is 0.947 bits per heavy atom. The molecule has 0 aliphatic heterocycles. The summed E-state index contributed by atoms with van der Waals surface area (Å²) >= 11 is 3.46. The summed E-state index contributed by atoms with van der Waals surface area (Å²) in [4.78, 5) is 8.74. The van der Waals surface area contributed by atoms with Crippen molar-refractivity contribution in [3.63, 3.8) is 0 Å². The average molecular weight is 315 g/mol. The van der Waals surface area contributed by atoms with Gasteiger partial charge < -0.3 is 11.1 Å². The first-order valence-electron chi connectivity index (χ1n) is 5.78. The molecular weight excluding hydrogens is 304 g/mol. The molecular formula is C14H11BrN4. The number of nitrogens with two attached hydrogens (primary N) is 1. The standard InChI is InChI=1S/C14H11BrN4/c15-10-7-4-8-11-12(10)13(16)19-14(18-11)17-9-5-2-1-3-6-9/h1-8H,(H3,16,17,18,19). The topological polar surface area (TPSA) is 63.8 Å². The van der Waals surface area contributed by atoms with Crippen molar-refractivity contribution in [3.05, 3.63) is 53.0 Å². The van der Waals surface area contributed by atoms with Crippen molar-refractivity contribution >= 4 is 44.3 Å². The molecule has 4 nitrogen and oxygen atoms in total. The Morgan fingerprint density at radius 2 is 1.74 bits per heavy atom. The number of hydrogen-bond acceptors (Lipinski definition) is 4. The number of aromatic nitrogens is 2. The Balaban J connectivity index is 2.07. The molecule has 0 aliphatic carbocycles. The van der Waals surface area contributed by atoms with Gasteiger partial charge in [-0.25, -0.2) is 4.98 Å². The lowest BCUT2D eigenvalue weighted by Crippen LogP contribution is -2.01. The van der Waals surface area contributed by atoms with Crippen molar-refractivity contribution in [2.75, 3.05) is 11.1 Å². The van der Waals surface area contributed by atoms with Gasteiger partial charge in [-0.05, 0) is 40.2 Å². The van der Waals surface area contributed by atoms with Gasteiger partial charge in [-0.2, -0.15) is 4.98 Å². The number of halogens is 1. The van der Waals surface area contributed by atoms with Crippen LogP contribution in [-0.2, 0) is 0 Å². The monoisotopic (exact) mass is 314 g/mol. The molecule has 0 saturated carbocycles. The second kappa shape index (κ2) is 4.85. The number of anilines is 3. The van der Waals surface area contributed by atoms with Crippen LogP contribution in [0.15, 0.2) is 53.0 Å². The first kappa shape index (κ1) is 11.9. The van der Waals surface area contributed by atoms with Gasteiger partial charge in [0.25, 0.3) is 0 Å². The van der Waals surface area contributed by atoms with E-state index in [2.05, 4.69) is 31.2 Å². The van der Waals surface area contributed by atoms with Crippen molar-refractivity contribution in [1.82, 2.24) is 9.97 Å². The number of fused-ring (bicyclic) bond motifs is 1.